The normalized spacial score (nSPS) is 11.1. The predicted molar refractivity (Wildman–Crippen MR) is 138 cm³/mol. The molecule has 0 aliphatic carbocycles. The van der Waals surface area contributed by atoms with Crippen molar-refractivity contribution in [2.45, 2.75) is 136 Å². The minimum atomic E-state index is 0.796. The lowest BCUT2D eigenvalue weighted by atomic mass is 10.1. The molecular weight excluding hydrogens is 380 g/mol. The summed E-state index contributed by atoms with van der Waals surface area (Å²) in [5, 5.41) is 7.00. The molecule has 0 aliphatic rings. The molecule has 0 amide bonds. The van der Waals surface area contributed by atoms with E-state index in [1.54, 1.807) is 0 Å². The number of hydrogen-bond acceptors (Lipinski definition) is 4. The van der Waals surface area contributed by atoms with Crippen LogP contribution in [0.15, 0.2) is 6.07 Å². The third-order valence-electron chi connectivity index (χ3n) is 5.94. The number of hydrogen-bond donors (Lipinski definition) is 2. The molecule has 0 aliphatic heterocycles. The van der Waals surface area contributed by atoms with Crippen LogP contribution in [0.3, 0.4) is 0 Å². The van der Waals surface area contributed by atoms with Crippen LogP contribution < -0.4 is 10.6 Å². The molecule has 31 heavy (non-hydrogen) atoms. The molecule has 0 saturated heterocycles. The van der Waals surface area contributed by atoms with Crippen LogP contribution in [0.1, 0.15) is 136 Å². The van der Waals surface area contributed by atoms with E-state index in [1.807, 2.05) is 0 Å². The van der Waals surface area contributed by atoms with Gasteiger partial charge in [0.1, 0.15) is 5.82 Å². The average molecular weight is 433 g/mol. The minimum Gasteiger partial charge on any atom is -0.370 e. The van der Waals surface area contributed by atoms with E-state index >= 15 is 0 Å². The van der Waals surface area contributed by atoms with Crippen LogP contribution in [0.5, 0.6) is 0 Å². The van der Waals surface area contributed by atoms with Crippen LogP contribution in [0.25, 0.3) is 0 Å². The summed E-state index contributed by atoms with van der Waals surface area (Å²) in [7, 11) is 0. The maximum absolute atomic E-state index is 4.71. The van der Waals surface area contributed by atoms with Crippen molar-refractivity contribution in [2.75, 3.05) is 23.7 Å². The van der Waals surface area contributed by atoms with Gasteiger partial charge in [0, 0.05) is 24.8 Å². The molecule has 4 heteroatoms. The van der Waals surface area contributed by atoms with Gasteiger partial charge in [0.2, 0.25) is 5.95 Å². The quantitative estimate of drug-likeness (QED) is 0.180. The van der Waals surface area contributed by atoms with E-state index in [1.165, 1.54) is 103 Å². The molecule has 180 valence electrons. The van der Waals surface area contributed by atoms with Crippen molar-refractivity contribution >= 4 is 11.8 Å². The van der Waals surface area contributed by atoms with E-state index in [9.17, 15) is 0 Å². The molecule has 0 spiro atoms. The second-order valence-electron chi connectivity index (χ2n) is 9.12. The van der Waals surface area contributed by atoms with Gasteiger partial charge in [-0.05, 0) is 19.3 Å². The van der Waals surface area contributed by atoms with E-state index in [-0.39, 0.29) is 0 Å². The standard InChI is InChI=1S/C27H52N4/c1-4-7-9-11-13-14-15-16-18-19-22-28-26-24-25(21-6-3)30-27(31-26)29-23-20-17-12-10-8-5-2/h24H,4-23H2,1-3H3,(H2,28,29,30,31). The Bertz CT molecular complexity index is 518. The Kier molecular flexibility index (Phi) is 18.4. The SMILES string of the molecule is CCCCCCCCCCCCNc1cc(CCC)nc(NCCCCCCCC)n1. The van der Waals surface area contributed by atoms with Gasteiger partial charge in [-0.2, -0.15) is 4.98 Å². The van der Waals surface area contributed by atoms with E-state index in [0.717, 1.165) is 43.4 Å². The first-order chi connectivity index (χ1) is 15.3. The number of aryl methyl sites for hydroxylation is 1. The molecule has 1 rings (SSSR count). The Balaban J connectivity index is 2.21. The van der Waals surface area contributed by atoms with Crippen LogP contribution in [0, 0.1) is 0 Å². The van der Waals surface area contributed by atoms with Gasteiger partial charge in [-0.15, -0.1) is 0 Å². The molecule has 1 aromatic heterocycles. The fourth-order valence-corrected chi connectivity index (χ4v) is 3.99. The van der Waals surface area contributed by atoms with Crippen molar-refractivity contribution in [3.63, 3.8) is 0 Å². The molecule has 4 nitrogen and oxygen atoms in total. The maximum atomic E-state index is 4.71. The van der Waals surface area contributed by atoms with Gasteiger partial charge < -0.3 is 10.6 Å². The van der Waals surface area contributed by atoms with Gasteiger partial charge in [-0.25, -0.2) is 4.98 Å². The van der Waals surface area contributed by atoms with Crippen LogP contribution >= 0.6 is 0 Å². The summed E-state index contributed by atoms with van der Waals surface area (Å²) in [5.74, 6) is 1.78. The molecular formula is C27H52N4. The number of unbranched alkanes of at least 4 members (excludes halogenated alkanes) is 14. The topological polar surface area (TPSA) is 49.8 Å². The highest BCUT2D eigenvalue weighted by Gasteiger charge is 2.04. The molecule has 0 radical (unpaired) electrons. The smallest absolute Gasteiger partial charge is 0.224 e. The van der Waals surface area contributed by atoms with Crippen molar-refractivity contribution in [3.05, 3.63) is 11.8 Å². The second-order valence-corrected chi connectivity index (χ2v) is 9.12. The highest BCUT2D eigenvalue weighted by Crippen LogP contribution is 2.14. The monoisotopic (exact) mass is 432 g/mol. The first kappa shape index (κ1) is 27.7. The van der Waals surface area contributed by atoms with Crippen molar-refractivity contribution in [1.29, 1.82) is 0 Å². The zero-order chi connectivity index (χ0) is 22.4. The van der Waals surface area contributed by atoms with E-state index in [2.05, 4.69) is 37.5 Å². The number of nitrogens with one attached hydrogen (secondary N) is 2. The fraction of sp³-hybridized carbons (Fsp3) is 0.852. The summed E-state index contributed by atoms with van der Waals surface area (Å²) < 4.78 is 0. The zero-order valence-electron chi connectivity index (χ0n) is 21.1. The third-order valence-corrected chi connectivity index (χ3v) is 5.94. The van der Waals surface area contributed by atoms with Gasteiger partial charge in [-0.3, -0.25) is 0 Å². The van der Waals surface area contributed by atoms with E-state index in [0.29, 0.717) is 0 Å². The molecule has 0 atom stereocenters. The lowest BCUT2D eigenvalue weighted by Gasteiger charge is -2.11. The summed E-state index contributed by atoms with van der Waals surface area (Å²) in [6, 6.07) is 2.13. The molecule has 0 saturated carbocycles. The molecule has 1 heterocycles. The lowest BCUT2D eigenvalue weighted by Crippen LogP contribution is -2.10. The van der Waals surface area contributed by atoms with Crippen molar-refractivity contribution in [1.82, 2.24) is 9.97 Å². The van der Waals surface area contributed by atoms with Crippen LogP contribution in [-0.4, -0.2) is 23.1 Å². The van der Waals surface area contributed by atoms with E-state index < -0.39 is 0 Å². The Morgan fingerprint density at radius 3 is 1.55 bits per heavy atom. The van der Waals surface area contributed by atoms with Gasteiger partial charge >= 0.3 is 0 Å². The van der Waals surface area contributed by atoms with Gasteiger partial charge in [-0.1, -0.05) is 117 Å². The Hall–Kier alpha value is -1.32. The molecule has 0 aromatic carbocycles. The van der Waals surface area contributed by atoms with Crippen LogP contribution in [0.2, 0.25) is 0 Å². The van der Waals surface area contributed by atoms with Gasteiger partial charge in [0.05, 0.1) is 0 Å². The second kappa shape index (κ2) is 20.6. The number of aromatic nitrogens is 2. The molecule has 0 unspecified atom stereocenters. The van der Waals surface area contributed by atoms with E-state index in [4.69, 9.17) is 9.97 Å². The highest BCUT2D eigenvalue weighted by atomic mass is 15.1. The largest absolute Gasteiger partial charge is 0.370 e. The van der Waals surface area contributed by atoms with Crippen LogP contribution in [-0.2, 0) is 6.42 Å². The molecule has 0 fully saturated rings. The Morgan fingerprint density at radius 1 is 0.548 bits per heavy atom. The number of anilines is 2. The van der Waals surface area contributed by atoms with Gasteiger partial charge in [0.25, 0.3) is 0 Å². The van der Waals surface area contributed by atoms with Crippen molar-refractivity contribution in [2.24, 2.45) is 0 Å². The first-order valence-corrected chi connectivity index (χ1v) is 13.7. The summed E-state index contributed by atoms with van der Waals surface area (Å²) in [6.45, 7) is 8.75. The lowest BCUT2D eigenvalue weighted by molar-refractivity contribution is 0.560. The predicted octanol–water partition coefficient (Wildman–Crippen LogP) is 8.53. The third kappa shape index (κ3) is 16.0. The Labute approximate surface area is 193 Å². The summed E-state index contributed by atoms with van der Waals surface area (Å²) in [6.07, 6.45) is 23.8. The molecule has 0 bridgehead atoms. The van der Waals surface area contributed by atoms with Crippen molar-refractivity contribution < 1.29 is 0 Å². The summed E-state index contributed by atoms with van der Waals surface area (Å²) >= 11 is 0. The van der Waals surface area contributed by atoms with Crippen molar-refractivity contribution in [3.8, 4) is 0 Å². The summed E-state index contributed by atoms with van der Waals surface area (Å²) in [5.41, 5.74) is 1.15. The molecule has 1 aromatic rings. The number of rotatable bonds is 22. The van der Waals surface area contributed by atoms with Crippen LogP contribution in [0.4, 0.5) is 11.8 Å². The highest BCUT2D eigenvalue weighted by molar-refractivity contribution is 5.42. The first-order valence-electron chi connectivity index (χ1n) is 13.7. The average Bonchev–Trinajstić information content (AvgIpc) is 2.77. The molecule has 2 N–H and O–H groups in total. The summed E-state index contributed by atoms with van der Waals surface area (Å²) in [4.78, 5) is 9.43. The number of nitrogens with zero attached hydrogens (tertiary/aromatic N) is 2. The fourth-order valence-electron chi connectivity index (χ4n) is 3.99. The zero-order valence-corrected chi connectivity index (χ0v) is 21.1. The Morgan fingerprint density at radius 2 is 1.03 bits per heavy atom. The minimum absolute atomic E-state index is 0.796. The van der Waals surface area contributed by atoms with Gasteiger partial charge in [0.15, 0.2) is 0 Å². The maximum Gasteiger partial charge on any atom is 0.224 e.